The number of hydrogen-bond donors (Lipinski definition) is 1. The fourth-order valence-corrected chi connectivity index (χ4v) is 2.03. The summed E-state index contributed by atoms with van der Waals surface area (Å²) in [7, 11) is 0. The Bertz CT molecular complexity index is 377. The van der Waals surface area contributed by atoms with Crippen LogP contribution in [-0.4, -0.2) is 19.0 Å². The summed E-state index contributed by atoms with van der Waals surface area (Å²) >= 11 is 1.70. The fourth-order valence-electron chi connectivity index (χ4n) is 1.62. The summed E-state index contributed by atoms with van der Waals surface area (Å²) in [6, 6.07) is 8.16. The van der Waals surface area contributed by atoms with E-state index in [0.29, 0.717) is 6.61 Å². The largest absolute Gasteiger partial charge is 0.447 e. The second kappa shape index (κ2) is 3.77. The van der Waals surface area contributed by atoms with E-state index in [-0.39, 0.29) is 11.6 Å². The molecule has 1 heterocycles. The molecule has 4 heteroatoms. The molecule has 0 aromatic heterocycles. The van der Waals surface area contributed by atoms with Gasteiger partial charge in [0, 0.05) is 4.90 Å². The number of carbonyl (C=O) groups excluding carboxylic acids is 1. The molecule has 1 unspecified atom stereocenters. The average molecular weight is 223 g/mol. The molecule has 1 atom stereocenters. The number of alkyl carbamates (subject to hydrolysis) is 1. The van der Waals surface area contributed by atoms with Crippen LogP contribution in [0.5, 0.6) is 0 Å². The molecule has 0 aliphatic carbocycles. The van der Waals surface area contributed by atoms with Gasteiger partial charge in [-0.3, -0.25) is 0 Å². The normalized spacial score (nSPS) is 24.8. The monoisotopic (exact) mass is 223 g/mol. The molecule has 0 spiro atoms. The van der Waals surface area contributed by atoms with E-state index in [1.165, 1.54) is 4.90 Å². The zero-order chi connectivity index (χ0) is 10.9. The maximum absolute atomic E-state index is 11.0. The first-order valence-electron chi connectivity index (χ1n) is 4.73. The van der Waals surface area contributed by atoms with Crippen molar-refractivity contribution in [3.05, 3.63) is 29.8 Å². The number of nitrogens with one attached hydrogen (secondary N) is 1. The van der Waals surface area contributed by atoms with Crippen LogP contribution >= 0.6 is 11.8 Å². The van der Waals surface area contributed by atoms with E-state index in [1.54, 1.807) is 11.8 Å². The molecule has 0 saturated carbocycles. The first-order valence-corrected chi connectivity index (χ1v) is 5.96. The van der Waals surface area contributed by atoms with Gasteiger partial charge < -0.3 is 10.1 Å². The van der Waals surface area contributed by atoms with E-state index in [4.69, 9.17) is 4.74 Å². The van der Waals surface area contributed by atoms with Crippen LogP contribution in [0, 0.1) is 0 Å². The summed E-state index contributed by atoms with van der Waals surface area (Å²) in [4.78, 5) is 12.2. The summed E-state index contributed by atoms with van der Waals surface area (Å²) in [5, 5.41) is 2.82. The van der Waals surface area contributed by atoms with Crippen molar-refractivity contribution in [1.82, 2.24) is 5.32 Å². The molecule has 1 aromatic rings. The van der Waals surface area contributed by atoms with Gasteiger partial charge in [0.2, 0.25) is 0 Å². The summed E-state index contributed by atoms with van der Waals surface area (Å²) in [6.45, 7) is 2.36. The lowest BCUT2D eigenvalue weighted by Crippen LogP contribution is -2.37. The van der Waals surface area contributed by atoms with Gasteiger partial charge in [-0.1, -0.05) is 12.1 Å². The van der Waals surface area contributed by atoms with Gasteiger partial charge in [0.1, 0.15) is 6.61 Å². The topological polar surface area (TPSA) is 38.3 Å². The van der Waals surface area contributed by atoms with Crippen molar-refractivity contribution in [1.29, 1.82) is 0 Å². The molecule has 1 amide bonds. The van der Waals surface area contributed by atoms with Crippen molar-refractivity contribution in [2.75, 3.05) is 12.9 Å². The number of benzene rings is 1. The minimum Gasteiger partial charge on any atom is -0.447 e. The van der Waals surface area contributed by atoms with Gasteiger partial charge in [-0.15, -0.1) is 11.8 Å². The molecule has 1 aliphatic rings. The Kier molecular flexibility index (Phi) is 2.61. The Morgan fingerprint density at radius 1 is 1.40 bits per heavy atom. The number of thioether (sulfide) groups is 1. The van der Waals surface area contributed by atoms with Gasteiger partial charge >= 0.3 is 6.09 Å². The fraction of sp³-hybridized carbons (Fsp3) is 0.364. The summed E-state index contributed by atoms with van der Waals surface area (Å²) < 4.78 is 4.92. The van der Waals surface area contributed by atoms with E-state index >= 15 is 0 Å². The minimum absolute atomic E-state index is 0.341. The third kappa shape index (κ3) is 1.95. The van der Waals surface area contributed by atoms with E-state index in [1.807, 2.05) is 25.3 Å². The minimum atomic E-state index is -0.381. The highest BCUT2D eigenvalue weighted by Crippen LogP contribution is 2.27. The van der Waals surface area contributed by atoms with E-state index in [9.17, 15) is 4.79 Å². The average Bonchev–Trinajstić information content (AvgIpc) is 2.60. The standard InChI is InChI=1S/C11H13NO2S/c1-11(7-14-10(13)12-11)8-3-5-9(15-2)6-4-8/h3-6H,7H2,1-2H3,(H,12,13). The zero-order valence-corrected chi connectivity index (χ0v) is 9.56. The quantitative estimate of drug-likeness (QED) is 0.782. The first-order chi connectivity index (χ1) is 7.14. The lowest BCUT2D eigenvalue weighted by molar-refractivity contribution is 0.173. The smallest absolute Gasteiger partial charge is 0.408 e. The van der Waals surface area contributed by atoms with Crippen LogP contribution in [-0.2, 0) is 10.3 Å². The molecule has 1 aliphatic heterocycles. The van der Waals surface area contributed by atoms with Gasteiger partial charge in [-0.2, -0.15) is 0 Å². The number of ether oxygens (including phenoxy) is 1. The lowest BCUT2D eigenvalue weighted by Gasteiger charge is -2.21. The van der Waals surface area contributed by atoms with Crippen molar-refractivity contribution in [2.45, 2.75) is 17.4 Å². The SMILES string of the molecule is CSc1ccc(C2(C)COC(=O)N2)cc1. The third-order valence-electron chi connectivity index (χ3n) is 2.60. The maximum atomic E-state index is 11.0. The van der Waals surface area contributed by atoms with Crippen LogP contribution < -0.4 is 5.32 Å². The van der Waals surface area contributed by atoms with Crippen LogP contribution in [0.1, 0.15) is 12.5 Å². The van der Waals surface area contributed by atoms with Gasteiger partial charge in [0.05, 0.1) is 5.54 Å². The molecule has 3 nitrogen and oxygen atoms in total. The zero-order valence-electron chi connectivity index (χ0n) is 8.74. The predicted octanol–water partition coefficient (Wildman–Crippen LogP) is 2.36. The van der Waals surface area contributed by atoms with E-state index in [2.05, 4.69) is 17.4 Å². The van der Waals surface area contributed by atoms with E-state index < -0.39 is 0 Å². The molecule has 1 N–H and O–H groups in total. The highest BCUT2D eigenvalue weighted by Gasteiger charge is 2.36. The number of rotatable bonds is 2. The van der Waals surface area contributed by atoms with E-state index in [0.717, 1.165) is 5.56 Å². The van der Waals surface area contributed by atoms with Crippen LogP contribution in [0.2, 0.25) is 0 Å². The number of carbonyl (C=O) groups is 1. The van der Waals surface area contributed by atoms with Gasteiger partial charge in [-0.05, 0) is 30.9 Å². The Balaban J connectivity index is 2.25. The Morgan fingerprint density at radius 3 is 2.53 bits per heavy atom. The highest BCUT2D eigenvalue weighted by molar-refractivity contribution is 7.98. The molecule has 80 valence electrons. The van der Waals surface area contributed by atoms with Crippen molar-refractivity contribution >= 4 is 17.9 Å². The first kappa shape index (κ1) is 10.4. The number of amides is 1. The Hall–Kier alpha value is -1.16. The van der Waals surface area contributed by atoms with Crippen molar-refractivity contribution in [2.24, 2.45) is 0 Å². The highest BCUT2D eigenvalue weighted by atomic mass is 32.2. The molecule has 1 aromatic carbocycles. The van der Waals surface area contributed by atoms with Gasteiger partial charge in [-0.25, -0.2) is 4.79 Å². The molecule has 0 bridgehead atoms. The number of hydrogen-bond acceptors (Lipinski definition) is 3. The van der Waals surface area contributed by atoms with Crippen LogP contribution in [0.4, 0.5) is 4.79 Å². The molecular formula is C11H13NO2S. The Labute approximate surface area is 93.2 Å². The van der Waals surface area contributed by atoms with Gasteiger partial charge in [0.15, 0.2) is 0 Å². The third-order valence-corrected chi connectivity index (χ3v) is 3.34. The van der Waals surface area contributed by atoms with Crippen molar-refractivity contribution in [3.8, 4) is 0 Å². The van der Waals surface area contributed by atoms with Crippen LogP contribution in [0.15, 0.2) is 29.2 Å². The van der Waals surface area contributed by atoms with Crippen LogP contribution in [0.3, 0.4) is 0 Å². The predicted molar refractivity (Wildman–Crippen MR) is 60.1 cm³/mol. The molecule has 15 heavy (non-hydrogen) atoms. The van der Waals surface area contributed by atoms with Crippen molar-refractivity contribution in [3.63, 3.8) is 0 Å². The second-order valence-corrected chi connectivity index (χ2v) is 4.64. The Morgan fingerprint density at radius 2 is 2.07 bits per heavy atom. The molecular weight excluding hydrogens is 210 g/mol. The number of cyclic esters (lactones) is 1. The molecule has 1 fully saturated rings. The summed E-state index contributed by atoms with van der Waals surface area (Å²) in [5.74, 6) is 0. The van der Waals surface area contributed by atoms with Crippen molar-refractivity contribution < 1.29 is 9.53 Å². The summed E-state index contributed by atoms with van der Waals surface area (Å²) in [6.07, 6.45) is 1.70. The molecule has 1 saturated heterocycles. The summed E-state index contributed by atoms with van der Waals surface area (Å²) in [5.41, 5.74) is 0.694. The molecule has 0 radical (unpaired) electrons. The van der Waals surface area contributed by atoms with Gasteiger partial charge in [0.25, 0.3) is 0 Å². The van der Waals surface area contributed by atoms with Crippen LogP contribution in [0.25, 0.3) is 0 Å². The maximum Gasteiger partial charge on any atom is 0.408 e. The second-order valence-electron chi connectivity index (χ2n) is 3.76. The lowest BCUT2D eigenvalue weighted by atomic mass is 9.94. The molecule has 2 rings (SSSR count).